The lowest BCUT2D eigenvalue weighted by Crippen LogP contribution is -2.43. The number of ketones is 1. The summed E-state index contributed by atoms with van der Waals surface area (Å²) in [6.45, 7) is 4.00. The molecule has 178 valence electrons. The molecule has 0 saturated heterocycles. The van der Waals surface area contributed by atoms with Crippen LogP contribution in [0.4, 0.5) is 0 Å². The highest BCUT2D eigenvalue weighted by molar-refractivity contribution is 7.12. The highest BCUT2D eigenvalue weighted by Gasteiger charge is 2.18. The van der Waals surface area contributed by atoms with Crippen molar-refractivity contribution in [3.8, 4) is 0 Å². The summed E-state index contributed by atoms with van der Waals surface area (Å²) in [5.74, 6) is -1.28. The van der Waals surface area contributed by atoms with Gasteiger partial charge in [0.05, 0.1) is 11.9 Å². The summed E-state index contributed by atoms with van der Waals surface area (Å²) in [5, 5.41) is 5.02. The van der Waals surface area contributed by atoms with Gasteiger partial charge in [-0.15, -0.1) is 11.3 Å². The predicted molar refractivity (Wildman–Crippen MR) is 135 cm³/mol. The lowest BCUT2D eigenvalue weighted by molar-refractivity contribution is -0.121. The Kier molecular flexibility index (Phi) is 7.17. The Morgan fingerprint density at radius 1 is 0.914 bits per heavy atom. The van der Waals surface area contributed by atoms with Crippen molar-refractivity contribution in [2.75, 3.05) is 0 Å². The number of hydrogen-bond acceptors (Lipinski definition) is 6. The van der Waals surface area contributed by atoms with Crippen LogP contribution in [-0.4, -0.2) is 27.4 Å². The molecule has 0 spiro atoms. The summed E-state index contributed by atoms with van der Waals surface area (Å²) < 4.78 is 1.23. The van der Waals surface area contributed by atoms with E-state index in [1.165, 1.54) is 16.0 Å². The standard InChI is InChI=1S/C26H24N4O4S/c1-16-14-21(17(2)35-16)22(31)12-13-23(32)27-28-25(33)24-19-10-6-7-11-20(19)26(34)30(29-24)15-18-8-4-3-5-9-18/h3-11,14H,12-13,15H2,1-2H3,(H,27,32)(H,28,33). The van der Waals surface area contributed by atoms with E-state index in [9.17, 15) is 19.2 Å². The van der Waals surface area contributed by atoms with Crippen LogP contribution in [0.3, 0.4) is 0 Å². The van der Waals surface area contributed by atoms with E-state index < -0.39 is 11.8 Å². The number of hydrazine groups is 1. The zero-order valence-corrected chi connectivity index (χ0v) is 20.1. The van der Waals surface area contributed by atoms with Gasteiger partial charge < -0.3 is 0 Å². The average molecular weight is 489 g/mol. The molecule has 0 radical (unpaired) electrons. The van der Waals surface area contributed by atoms with Crippen molar-refractivity contribution in [2.24, 2.45) is 0 Å². The van der Waals surface area contributed by atoms with Crippen LogP contribution in [0, 0.1) is 13.8 Å². The SMILES string of the molecule is Cc1cc(C(=O)CCC(=O)NNC(=O)c2nn(Cc3ccccc3)c(=O)c3ccccc23)c(C)s1. The molecule has 8 nitrogen and oxygen atoms in total. The molecule has 0 aliphatic rings. The molecular formula is C26H24N4O4S. The van der Waals surface area contributed by atoms with E-state index in [-0.39, 0.29) is 36.4 Å². The molecule has 0 fully saturated rings. The zero-order chi connectivity index (χ0) is 24.9. The third-order valence-corrected chi connectivity index (χ3v) is 6.46. The topological polar surface area (TPSA) is 110 Å². The maximum absolute atomic E-state index is 12.9. The van der Waals surface area contributed by atoms with E-state index in [1.807, 2.05) is 50.2 Å². The van der Waals surface area contributed by atoms with Crippen LogP contribution in [0.15, 0.2) is 65.5 Å². The average Bonchev–Trinajstić information content (AvgIpc) is 3.21. The molecule has 0 saturated carbocycles. The molecule has 4 aromatic rings. The molecular weight excluding hydrogens is 464 g/mol. The number of amides is 2. The molecule has 35 heavy (non-hydrogen) atoms. The minimum absolute atomic E-state index is 0.0110. The van der Waals surface area contributed by atoms with Gasteiger partial charge in [0.1, 0.15) is 0 Å². The first kappa shape index (κ1) is 24.0. The summed E-state index contributed by atoms with van der Waals surface area (Å²) >= 11 is 1.54. The lowest BCUT2D eigenvalue weighted by atomic mass is 10.1. The largest absolute Gasteiger partial charge is 0.294 e. The first-order chi connectivity index (χ1) is 16.8. The number of aryl methyl sites for hydroxylation is 2. The normalized spacial score (nSPS) is 10.8. The fraction of sp³-hybridized carbons (Fsp3) is 0.192. The number of hydrogen-bond donors (Lipinski definition) is 2. The highest BCUT2D eigenvalue weighted by atomic mass is 32.1. The van der Waals surface area contributed by atoms with Gasteiger partial charge >= 0.3 is 0 Å². The third kappa shape index (κ3) is 5.52. The van der Waals surface area contributed by atoms with Crippen LogP contribution in [-0.2, 0) is 11.3 Å². The molecule has 2 aromatic heterocycles. The molecule has 0 unspecified atom stereocenters. The molecule has 2 N–H and O–H groups in total. The third-order valence-electron chi connectivity index (χ3n) is 5.49. The minimum Gasteiger partial charge on any atom is -0.294 e. The summed E-state index contributed by atoms with van der Waals surface area (Å²) in [7, 11) is 0. The smallest absolute Gasteiger partial charge is 0.290 e. The van der Waals surface area contributed by atoms with Crippen molar-refractivity contribution in [2.45, 2.75) is 33.2 Å². The van der Waals surface area contributed by atoms with Crippen molar-refractivity contribution in [1.82, 2.24) is 20.6 Å². The first-order valence-electron chi connectivity index (χ1n) is 11.1. The number of thiophene rings is 1. The predicted octanol–water partition coefficient (Wildman–Crippen LogP) is 3.55. The van der Waals surface area contributed by atoms with Crippen LogP contribution in [0.1, 0.15) is 49.0 Å². The number of nitrogens with zero attached hydrogens (tertiary/aromatic N) is 2. The van der Waals surface area contributed by atoms with Gasteiger partial charge in [-0.25, -0.2) is 4.68 Å². The molecule has 2 amide bonds. The van der Waals surface area contributed by atoms with Gasteiger partial charge in [0.15, 0.2) is 11.5 Å². The number of rotatable bonds is 7. The number of nitrogens with one attached hydrogen (secondary N) is 2. The lowest BCUT2D eigenvalue weighted by Gasteiger charge is -2.12. The second-order valence-corrected chi connectivity index (χ2v) is 9.56. The molecule has 0 aliphatic carbocycles. The highest BCUT2D eigenvalue weighted by Crippen LogP contribution is 2.22. The summed E-state index contributed by atoms with van der Waals surface area (Å²) in [4.78, 5) is 52.5. The van der Waals surface area contributed by atoms with Gasteiger partial charge in [0, 0.05) is 33.5 Å². The van der Waals surface area contributed by atoms with E-state index in [1.54, 1.807) is 24.3 Å². The Hall–Kier alpha value is -4.11. The van der Waals surface area contributed by atoms with E-state index in [4.69, 9.17) is 0 Å². The fourth-order valence-electron chi connectivity index (χ4n) is 3.78. The zero-order valence-electron chi connectivity index (χ0n) is 19.3. The fourth-order valence-corrected chi connectivity index (χ4v) is 4.73. The van der Waals surface area contributed by atoms with Crippen LogP contribution in [0.2, 0.25) is 0 Å². The number of carbonyl (C=O) groups is 3. The van der Waals surface area contributed by atoms with Gasteiger partial charge in [-0.2, -0.15) is 5.10 Å². The van der Waals surface area contributed by atoms with Gasteiger partial charge in [-0.1, -0.05) is 48.5 Å². The molecule has 2 heterocycles. The van der Waals surface area contributed by atoms with Gasteiger partial charge in [0.25, 0.3) is 11.5 Å². The number of carbonyl (C=O) groups excluding carboxylic acids is 3. The van der Waals surface area contributed by atoms with Crippen LogP contribution in [0.5, 0.6) is 0 Å². The van der Waals surface area contributed by atoms with Crippen molar-refractivity contribution in [3.63, 3.8) is 0 Å². The Balaban J connectivity index is 1.46. The number of fused-ring (bicyclic) bond motifs is 1. The molecule has 9 heteroatoms. The molecule has 4 rings (SSSR count). The quantitative estimate of drug-likeness (QED) is 0.305. The van der Waals surface area contributed by atoms with Crippen molar-refractivity contribution in [1.29, 1.82) is 0 Å². The molecule has 0 atom stereocenters. The maximum Gasteiger partial charge on any atom is 0.290 e. The van der Waals surface area contributed by atoms with Crippen molar-refractivity contribution >= 4 is 39.7 Å². The Morgan fingerprint density at radius 2 is 1.60 bits per heavy atom. The van der Waals surface area contributed by atoms with Crippen molar-refractivity contribution < 1.29 is 14.4 Å². The Bertz CT molecular complexity index is 1470. The Labute approximate surface area is 205 Å². The maximum atomic E-state index is 12.9. The van der Waals surface area contributed by atoms with Gasteiger partial charge in [-0.05, 0) is 31.5 Å². The van der Waals surface area contributed by atoms with Gasteiger partial charge in [0.2, 0.25) is 5.91 Å². The van der Waals surface area contributed by atoms with Crippen LogP contribution in [0.25, 0.3) is 10.8 Å². The second kappa shape index (κ2) is 10.4. The van der Waals surface area contributed by atoms with Gasteiger partial charge in [-0.3, -0.25) is 30.0 Å². The van der Waals surface area contributed by atoms with Crippen LogP contribution < -0.4 is 16.4 Å². The molecule has 0 aliphatic heterocycles. The van der Waals surface area contributed by atoms with E-state index >= 15 is 0 Å². The second-order valence-electron chi connectivity index (χ2n) is 8.09. The summed E-state index contributed by atoms with van der Waals surface area (Å²) in [6.07, 6.45) is -0.0447. The monoisotopic (exact) mass is 488 g/mol. The van der Waals surface area contributed by atoms with Crippen molar-refractivity contribution in [3.05, 3.63) is 97.6 Å². The minimum atomic E-state index is -0.660. The number of aromatic nitrogens is 2. The van der Waals surface area contributed by atoms with E-state index in [2.05, 4.69) is 16.0 Å². The number of Topliss-reactive ketones (excluding diaryl/α,β-unsaturated/α-hetero) is 1. The van der Waals surface area contributed by atoms with E-state index in [0.717, 1.165) is 15.3 Å². The molecule has 0 bridgehead atoms. The Morgan fingerprint density at radius 3 is 2.29 bits per heavy atom. The van der Waals surface area contributed by atoms with E-state index in [0.29, 0.717) is 16.3 Å². The summed E-state index contributed by atoms with van der Waals surface area (Å²) in [5.41, 5.74) is 5.87. The van der Waals surface area contributed by atoms with Crippen LogP contribution >= 0.6 is 11.3 Å². The molecule has 2 aromatic carbocycles. The summed E-state index contributed by atoms with van der Waals surface area (Å²) in [6, 6.07) is 17.8. The first-order valence-corrected chi connectivity index (χ1v) is 11.9. The number of benzene rings is 2.